The maximum Gasteiger partial charge on any atom is 0.119 e. The minimum absolute atomic E-state index is 0.294. The summed E-state index contributed by atoms with van der Waals surface area (Å²) in [5, 5.41) is 19.7. The summed E-state index contributed by atoms with van der Waals surface area (Å²) in [7, 11) is 0. The van der Waals surface area contributed by atoms with Crippen molar-refractivity contribution in [1.29, 1.82) is 0 Å². The molecule has 0 aliphatic rings. The van der Waals surface area contributed by atoms with Crippen molar-refractivity contribution in [2.24, 2.45) is 0 Å². The van der Waals surface area contributed by atoms with E-state index in [2.05, 4.69) is 0 Å². The zero-order chi connectivity index (χ0) is 13.4. The zero-order valence-corrected chi connectivity index (χ0v) is 11.2. The Morgan fingerprint density at radius 2 is 0.944 bits per heavy atom. The summed E-state index contributed by atoms with van der Waals surface area (Å²) >= 11 is 0. The van der Waals surface area contributed by atoms with Crippen LogP contribution >= 0.6 is 0 Å². The van der Waals surface area contributed by atoms with E-state index in [0.717, 1.165) is 33.4 Å². The Bertz CT molecular complexity index is 511. The van der Waals surface area contributed by atoms with Gasteiger partial charge < -0.3 is 10.2 Å². The van der Waals surface area contributed by atoms with Crippen molar-refractivity contribution in [3.63, 3.8) is 0 Å². The fourth-order valence-corrected chi connectivity index (χ4v) is 2.01. The highest BCUT2D eigenvalue weighted by Crippen LogP contribution is 2.33. The van der Waals surface area contributed by atoms with Crippen LogP contribution in [0.25, 0.3) is 11.1 Å². The van der Waals surface area contributed by atoms with Gasteiger partial charge in [-0.2, -0.15) is 0 Å². The minimum Gasteiger partial charge on any atom is -0.508 e. The number of hydrogen-bond donors (Lipinski definition) is 2. The van der Waals surface area contributed by atoms with Gasteiger partial charge in [0.1, 0.15) is 11.5 Å². The highest BCUT2D eigenvalue weighted by Gasteiger charge is 2.08. The molecule has 2 aromatic rings. The first-order valence-electron chi connectivity index (χ1n) is 6.01. The summed E-state index contributed by atoms with van der Waals surface area (Å²) in [6, 6.07) is 7.54. The third-order valence-corrected chi connectivity index (χ3v) is 3.61. The quantitative estimate of drug-likeness (QED) is 0.793. The topological polar surface area (TPSA) is 40.5 Å². The lowest BCUT2D eigenvalue weighted by atomic mass is 9.96. The predicted molar refractivity (Wildman–Crippen MR) is 74.2 cm³/mol. The van der Waals surface area contributed by atoms with E-state index in [1.807, 2.05) is 39.8 Å². The average molecular weight is 242 g/mol. The summed E-state index contributed by atoms with van der Waals surface area (Å²) < 4.78 is 0. The third-order valence-electron chi connectivity index (χ3n) is 3.61. The van der Waals surface area contributed by atoms with E-state index < -0.39 is 0 Å². The summed E-state index contributed by atoms with van der Waals surface area (Å²) in [6.07, 6.45) is 0. The molecule has 2 aromatic carbocycles. The van der Waals surface area contributed by atoms with Crippen molar-refractivity contribution in [3.8, 4) is 22.6 Å². The summed E-state index contributed by atoms with van der Waals surface area (Å²) in [6.45, 7) is 7.73. The van der Waals surface area contributed by atoms with E-state index in [-0.39, 0.29) is 0 Å². The minimum atomic E-state index is 0.294. The molecule has 18 heavy (non-hydrogen) atoms. The van der Waals surface area contributed by atoms with Gasteiger partial charge in [-0.3, -0.25) is 0 Å². The molecule has 0 saturated carbocycles. The Balaban J connectivity index is 2.63. The van der Waals surface area contributed by atoms with Gasteiger partial charge in [0.15, 0.2) is 0 Å². The van der Waals surface area contributed by atoms with Gasteiger partial charge in [-0.15, -0.1) is 0 Å². The van der Waals surface area contributed by atoms with Crippen LogP contribution in [-0.4, -0.2) is 10.2 Å². The van der Waals surface area contributed by atoms with E-state index in [4.69, 9.17) is 0 Å². The molecule has 0 aliphatic carbocycles. The smallest absolute Gasteiger partial charge is 0.119 e. The van der Waals surface area contributed by atoms with Crippen molar-refractivity contribution >= 4 is 0 Å². The van der Waals surface area contributed by atoms with Crippen LogP contribution in [0.4, 0.5) is 0 Å². The van der Waals surface area contributed by atoms with Gasteiger partial charge in [0, 0.05) is 0 Å². The second-order valence-electron chi connectivity index (χ2n) is 4.87. The SMILES string of the molecule is Cc1cc(-c2cc(C)c(C)c(O)c2)cc(O)c1C. The van der Waals surface area contributed by atoms with Crippen LogP contribution in [0.3, 0.4) is 0 Å². The summed E-state index contributed by atoms with van der Waals surface area (Å²) in [4.78, 5) is 0. The fourth-order valence-electron chi connectivity index (χ4n) is 2.01. The molecular weight excluding hydrogens is 224 g/mol. The molecule has 0 bridgehead atoms. The molecule has 2 N–H and O–H groups in total. The molecule has 0 amide bonds. The molecule has 0 saturated heterocycles. The Morgan fingerprint density at radius 1 is 0.611 bits per heavy atom. The predicted octanol–water partition coefficient (Wildman–Crippen LogP) is 4.00. The average Bonchev–Trinajstić information content (AvgIpc) is 2.31. The lowest BCUT2D eigenvalue weighted by molar-refractivity contribution is 0.469. The van der Waals surface area contributed by atoms with Crippen LogP contribution in [0.5, 0.6) is 11.5 Å². The number of phenolic OH excluding ortho intramolecular Hbond substituents is 2. The van der Waals surface area contributed by atoms with Gasteiger partial charge in [0.05, 0.1) is 0 Å². The lowest BCUT2D eigenvalue weighted by Gasteiger charge is -2.11. The highest BCUT2D eigenvalue weighted by atomic mass is 16.3. The van der Waals surface area contributed by atoms with E-state index in [9.17, 15) is 10.2 Å². The first-order valence-corrected chi connectivity index (χ1v) is 6.01. The van der Waals surface area contributed by atoms with Gasteiger partial charge in [-0.1, -0.05) is 12.1 Å². The molecule has 94 valence electrons. The molecule has 0 fully saturated rings. The van der Waals surface area contributed by atoms with Crippen LogP contribution in [-0.2, 0) is 0 Å². The summed E-state index contributed by atoms with van der Waals surface area (Å²) in [5.74, 6) is 0.588. The third kappa shape index (κ3) is 2.06. The van der Waals surface area contributed by atoms with E-state index >= 15 is 0 Å². The Labute approximate surface area is 108 Å². The van der Waals surface area contributed by atoms with Gasteiger partial charge in [-0.25, -0.2) is 0 Å². The first-order chi connectivity index (χ1) is 8.40. The largest absolute Gasteiger partial charge is 0.508 e. The molecule has 0 spiro atoms. The Morgan fingerprint density at radius 3 is 1.22 bits per heavy atom. The second-order valence-corrected chi connectivity index (χ2v) is 4.87. The van der Waals surface area contributed by atoms with Crippen molar-refractivity contribution in [1.82, 2.24) is 0 Å². The maximum absolute atomic E-state index is 9.87. The van der Waals surface area contributed by atoms with E-state index in [1.165, 1.54) is 0 Å². The van der Waals surface area contributed by atoms with Gasteiger partial charge in [-0.05, 0) is 73.2 Å². The van der Waals surface area contributed by atoms with E-state index in [1.54, 1.807) is 12.1 Å². The number of hydrogen-bond acceptors (Lipinski definition) is 2. The van der Waals surface area contributed by atoms with Crippen LogP contribution in [0.2, 0.25) is 0 Å². The van der Waals surface area contributed by atoms with Crippen LogP contribution in [0.1, 0.15) is 22.3 Å². The molecule has 2 nitrogen and oxygen atoms in total. The lowest BCUT2D eigenvalue weighted by Crippen LogP contribution is -1.88. The second kappa shape index (κ2) is 4.37. The maximum atomic E-state index is 9.87. The number of aryl methyl sites for hydroxylation is 2. The van der Waals surface area contributed by atoms with Crippen molar-refractivity contribution < 1.29 is 10.2 Å². The van der Waals surface area contributed by atoms with Crippen molar-refractivity contribution in [2.45, 2.75) is 27.7 Å². The fraction of sp³-hybridized carbons (Fsp3) is 0.250. The molecular formula is C16H18O2. The number of benzene rings is 2. The van der Waals surface area contributed by atoms with E-state index in [0.29, 0.717) is 11.5 Å². The van der Waals surface area contributed by atoms with Gasteiger partial charge in [0.25, 0.3) is 0 Å². The highest BCUT2D eigenvalue weighted by molar-refractivity contribution is 5.70. The van der Waals surface area contributed by atoms with Gasteiger partial charge >= 0.3 is 0 Å². The van der Waals surface area contributed by atoms with Crippen LogP contribution in [0, 0.1) is 27.7 Å². The molecule has 2 rings (SSSR count). The van der Waals surface area contributed by atoms with Crippen molar-refractivity contribution in [2.75, 3.05) is 0 Å². The molecule has 0 atom stereocenters. The van der Waals surface area contributed by atoms with Gasteiger partial charge in [0.2, 0.25) is 0 Å². The number of phenols is 2. The Kier molecular flexibility index (Phi) is 3.04. The number of aromatic hydroxyl groups is 2. The molecule has 0 aliphatic heterocycles. The van der Waals surface area contributed by atoms with Crippen LogP contribution in [0.15, 0.2) is 24.3 Å². The molecule has 0 unspecified atom stereocenters. The molecule has 0 aromatic heterocycles. The number of rotatable bonds is 1. The zero-order valence-electron chi connectivity index (χ0n) is 11.2. The first kappa shape index (κ1) is 12.5. The molecule has 0 heterocycles. The molecule has 2 heteroatoms. The standard InChI is InChI=1S/C16H18O2/c1-9-5-13(7-15(17)11(9)3)14-6-10(2)12(4)16(18)8-14/h5-8,17-18H,1-4H3. The van der Waals surface area contributed by atoms with Crippen LogP contribution < -0.4 is 0 Å². The Hall–Kier alpha value is -1.96. The normalized spacial score (nSPS) is 10.7. The molecule has 0 radical (unpaired) electrons. The van der Waals surface area contributed by atoms with Crippen molar-refractivity contribution in [3.05, 3.63) is 46.5 Å². The summed E-state index contributed by atoms with van der Waals surface area (Å²) in [5.41, 5.74) is 5.73. The monoisotopic (exact) mass is 242 g/mol.